The molecule has 0 bridgehead atoms. The first-order valence-electron chi connectivity index (χ1n) is 8.89. The predicted molar refractivity (Wildman–Crippen MR) is 98.3 cm³/mol. The number of thioether (sulfide) groups is 1. The van der Waals surface area contributed by atoms with Crippen LogP contribution in [0.1, 0.15) is 59.3 Å². The molecule has 1 N–H and O–H groups in total. The van der Waals surface area contributed by atoms with Crippen molar-refractivity contribution in [1.29, 1.82) is 0 Å². The summed E-state index contributed by atoms with van der Waals surface area (Å²) < 4.78 is 0. The Bertz CT molecular complexity index is 260. The summed E-state index contributed by atoms with van der Waals surface area (Å²) in [4.78, 5) is 2.61. The van der Waals surface area contributed by atoms with Gasteiger partial charge in [0.2, 0.25) is 0 Å². The zero-order chi connectivity index (χ0) is 15.7. The highest BCUT2D eigenvalue weighted by Crippen LogP contribution is 2.35. The third kappa shape index (κ3) is 7.38. The second-order valence-corrected chi connectivity index (χ2v) is 8.57. The molecule has 0 aliphatic heterocycles. The maximum absolute atomic E-state index is 3.77. The van der Waals surface area contributed by atoms with E-state index in [9.17, 15) is 0 Å². The van der Waals surface area contributed by atoms with E-state index in [0.29, 0.717) is 11.5 Å². The van der Waals surface area contributed by atoms with E-state index in [4.69, 9.17) is 0 Å². The maximum atomic E-state index is 3.77. The third-order valence-electron chi connectivity index (χ3n) is 4.96. The Hall–Kier alpha value is 0.270. The minimum Gasteiger partial charge on any atom is -0.316 e. The molecule has 0 heterocycles. The molecule has 1 saturated carbocycles. The first kappa shape index (κ1) is 19.3. The first-order valence-corrected chi connectivity index (χ1v) is 10.3. The van der Waals surface area contributed by atoms with E-state index < -0.39 is 0 Å². The minimum atomic E-state index is 0.507. The van der Waals surface area contributed by atoms with Crippen molar-refractivity contribution in [3.8, 4) is 0 Å². The van der Waals surface area contributed by atoms with Crippen molar-refractivity contribution >= 4 is 11.8 Å². The van der Waals surface area contributed by atoms with Gasteiger partial charge in [0.25, 0.3) is 0 Å². The summed E-state index contributed by atoms with van der Waals surface area (Å²) in [5, 5.41) is 3.77. The maximum Gasteiger partial charge on any atom is 0.0155 e. The summed E-state index contributed by atoms with van der Waals surface area (Å²) in [6, 6.07) is 0.685. The highest BCUT2D eigenvalue weighted by molar-refractivity contribution is 7.98. The highest BCUT2D eigenvalue weighted by Gasteiger charge is 2.32. The van der Waals surface area contributed by atoms with Crippen LogP contribution in [0.25, 0.3) is 0 Å². The number of rotatable bonds is 9. The molecule has 0 amide bonds. The monoisotopic (exact) mass is 314 g/mol. The molecular formula is C18H38N2S. The quantitative estimate of drug-likeness (QED) is 0.640. The number of nitrogens with zero attached hydrogens (tertiary/aromatic N) is 1. The van der Waals surface area contributed by atoms with Crippen LogP contribution in [-0.2, 0) is 0 Å². The lowest BCUT2D eigenvalue weighted by atomic mass is 9.79. The molecule has 1 aliphatic rings. The van der Waals surface area contributed by atoms with E-state index in [1.807, 2.05) is 11.8 Å². The third-order valence-corrected chi connectivity index (χ3v) is 5.78. The second-order valence-electron chi connectivity index (χ2n) is 7.66. The molecule has 126 valence electrons. The van der Waals surface area contributed by atoms with Crippen molar-refractivity contribution in [3.63, 3.8) is 0 Å². The van der Waals surface area contributed by atoms with Crippen molar-refractivity contribution in [3.05, 3.63) is 0 Å². The van der Waals surface area contributed by atoms with Gasteiger partial charge in [0.05, 0.1) is 0 Å². The molecule has 3 heteroatoms. The van der Waals surface area contributed by atoms with Crippen LogP contribution < -0.4 is 5.32 Å². The van der Waals surface area contributed by atoms with Crippen molar-refractivity contribution in [1.82, 2.24) is 10.2 Å². The molecular weight excluding hydrogens is 276 g/mol. The molecule has 0 aromatic rings. The first-order chi connectivity index (χ1) is 9.99. The Labute approximate surface area is 137 Å². The lowest BCUT2D eigenvalue weighted by molar-refractivity contribution is 0.126. The molecule has 0 aromatic heterocycles. The largest absolute Gasteiger partial charge is 0.316 e. The van der Waals surface area contributed by atoms with Crippen LogP contribution in [0.3, 0.4) is 0 Å². The molecule has 21 heavy (non-hydrogen) atoms. The molecule has 2 nitrogen and oxygen atoms in total. The second kappa shape index (κ2) is 10.1. The van der Waals surface area contributed by atoms with E-state index in [2.05, 4.69) is 44.3 Å². The Balaban J connectivity index is 2.61. The molecule has 1 aliphatic carbocycles. The van der Waals surface area contributed by atoms with Crippen LogP contribution in [0.2, 0.25) is 0 Å². The average molecular weight is 315 g/mol. The average Bonchev–Trinajstić information content (AvgIpc) is 2.64. The summed E-state index contributed by atoms with van der Waals surface area (Å²) in [5.41, 5.74) is 0.507. The van der Waals surface area contributed by atoms with Crippen LogP contribution in [0, 0.1) is 11.3 Å². The van der Waals surface area contributed by atoms with Gasteiger partial charge < -0.3 is 10.2 Å². The Morgan fingerprint density at radius 2 is 1.71 bits per heavy atom. The van der Waals surface area contributed by atoms with Gasteiger partial charge in [-0.1, -0.05) is 39.5 Å². The van der Waals surface area contributed by atoms with Crippen LogP contribution in [-0.4, -0.2) is 49.6 Å². The van der Waals surface area contributed by atoms with E-state index in [-0.39, 0.29) is 0 Å². The lowest BCUT2D eigenvalue weighted by Crippen LogP contribution is -2.46. The molecule has 1 atom stereocenters. The van der Waals surface area contributed by atoms with Crippen molar-refractivity contribution in [2.24, 2.45) is 11.3 Å². The van der Waals surface area contributed by atoms with E-state index >= 15 is 0 Å². The van der Waals surface area contributed by atoms with Crippen LogP contribution >= 0.6 is 11.8 Å². The summed E-state index contributed by atoms with van der Waals surface area (Å²) in [6.45, 7) is 10.6. The van der Waals surface area contributed by atoms with Crippen molar-refractivity contribution in [2.45, 2.75) is 65.3 Å². The number of hydrogen-bond donors (Lipinski definition) is 1. The predicted octanol–water partition coefficient (Wildman–Crippen LogP) is 4.26. The normalized spacial score (nSPS) is 20.7. The van der Waals surface area contributed by atoms with Crippen LogP contribution in [0.5, 0.6) is 0 Å². The van der Waals surface area contributed by atoms with Gasteiger partial charge >= 0.3 is 0 Å². The molecule has 0 spiro atoms. The van der Waals surface area contributed by atoms with Crippen molar-refractivity contribution in [2.75, 3.05) is 38.7 Å². The Kier molecular flexibility index (Phi) is 9.31. The summed E-state index contributed by atoms with van der Waals surface area (Å²) in [7, 11) is 2.33. The minimum absolute atomic E-state index is 0.507. The van der Waals surface area contributed by atoms with Gasteiger partial charge in [0, 0.05) is 24.9 Å². The molecule has 0 saturated heterocycles. The molecule has 0 aromatic carbocycles. The standard InChI is InChI=1S/C18H38N2S/c1-16(2)12-19-14-18(10-8-6-7-9-11-18)15-20(4)17(3)13-21-5/h16-17,19H,6-15H2,1-5H3. The molecule has 1 rings (SSSR count). The van der Waals surface area contributed by atoms with E-state index in [1.165, 1.54) is 57.4 Å². The number of hydrogen-bond acceptors (Lipinski definition) is 3. The Morgan fingerprint density at radius 3 is 2.24 bits per heavy atom. The van der Waals surface area contributed by atoms with Gasteiger partial charge in [0.1, 0.15) is 0 Å². The van der Waals surface area contributed by atoms with Gasteiger partial charge in [-0.05, 0) is 50.9 Å². The van der Waals surface area contributed by atoms with Gasteiger partial charge in [0.15, 0.2) is 0 Å². The fraction of sp³-hybridized carbons (Fsp3) is 1.00. The van der Waals surface area contributed by atoms with Crippen molar-refractivity contribution < 1.29 is 0 Å². The molecule has 0 radical (unpaired) electrons. The van der Waals surface area contributed by atoms with Crippen LogP contribution in [0.4, 0.5) is 0 Å². The fourth-order valence-corrected chi connectivity index (χ4v) is 4.29. The Morgan fingerprint density at radius 1 is 1.10 bits per heavy atom. The number of nitrogens with one attached hydrogen (secondary N) is 1. The van der Waals surface area contributed by atoms with Gasteiger partial charge in [-0.3, -0.25) is 0 Å². The van der Waals surface area contributed by atoms with E-state index in [1.54, 1.807) is 0 Å². The van der Waals surface area contributed by atoms with Gasteiger partial charge in [-0.2, -0.15) is 11.8 Å². The summed E-state index contributed by atoms with van der Waals surface area (Å²) in [5.74, 6) is 1.99. The SMILES string of the molecule is CSCC(C)N(C)CC1(CNCC(C)C)CCCCCC1. The summed E-state index contributed by atoms with van der Waals surface area (Å²) >= 11 is 1.97. The highest BCUT2D eigenvalue weighted by atomic mass is 32.2. The molecule has 1 fully saturated rings. The fourth-order valence-electron chi connectivity index (χ4n) is 3.55. The van der Waals surface area contributed by atoms with Gasteiger partial charge in [-0.25, -0.2) is 0 Å². The zero-order valence-electron chi connectivity index (χ0n) is 15.1. The van der Waals surface area contributed by atoms with E-state index in [0.717, 1.165) is 12.5 Å². The van der Waals surface area contributed by atoms with Crippen LogP contribution in [0.15, 0.2) is 0 Å². The smallest absolute Gasteiger partial charge is 0.0155 e. The summed E-state index contributed by atoms with van der Waals surface area (Å²) in [6.07, 6.45) is 10.8. The lowest BCUT2D eigenvalue weighted by Gasteiger charge is -2.39. The van der Waals surface area contributed by atoms with Gasteiger partial charge in [-0.15, -0.1) is 0 Å². The molecule has 1 unspecified atom stereocenters. The topological polar surface area (TPSA) is 15.3 Å². The zero-order valence-corrected chi connectivity index (χ0v) is 15.9.